The molecule has 0 spiro atoms. The van der Waals surface area contributed by atoms with Gasteiger partial charge < -0.3 is 14.8 Å². The van der Waals surface area contributed by atoms with E-state index in [1.165, 1.54) is 19.2 Å². The number of amides is 1. The highest BCUT2D eigenvalue weighted by Gasteiger charge is 2.15. The summed E-state index contributed by atoms with van der Waals surface area (Å²) in [6.45, 7) is 4.85. The average molecular weight is 497 g/mol. The summed E-state index contributed by atoms with van der Waals surface area (Å²) in [4.78, 5) is 12.8. The van der Waals surface area contributed by atoms with Crippen LogP contribution in [0, 0.1) is 0 Å². The van der Waals surface area contributed by atoms with E-state index in [-0.39, 0.29) is 23.4 Å². The van der Waals surface area contributed by atoms with Crippen LogP contribution in [0.4, 0.5) is 0 Å². The maximum absolute atomic E-state index is 12.7. The second kappa shape index (κ2) is 12.4. The van der Waals surface area contributed by atoms with Gasteiger partial charge in [-0.2, -0.15) is 0 Å². The zero-order valence-electron chi connectivity index (χ0n) is 20.3. The van der Waals surface area contributed by atoms with Gasteiger partial charge in [0.2, 0.25) is 10.0 Å². The van der Waals surface area contributed by atoms with Crippen molar-refractivity contribution in [3.05, 3.63) is 89.5 Å². The molecule has 186 valence electrons. The fraction of sp³-hybridized carbons (Fsp3) is 0.296. The van der Waals surface area contributed by atoms with Crippen molar-refractivity contribution >= 4 is 15.9 Å². The predicted molar refractivity (Wildman–Crippen MR) is 136 cm³/mol. The Labute approximate surface area is 207 Å². The van der Waals surface area contributed by atoms with E-state index in [0.29, 0.717) is 17.9 Å². The van der Waals surface area contributed by atoms with Gasteiger partial charge in [0.05, 0.1) is 24.7 Å². The number of unbranched alkanes of at least 4 members (excludes halogenated alkanes) is 1. The van der Waals surface area contributed by atoms with Crippen LogP contribution in [0.3, 0.4) is 0 Å². The largest absolute Gasteiger partial charge is 0.497 e. The van der Waals surface area contributed by atoms with Crippen molar-refractivity contribution in [3.63, 3.8) is 0 Å². The van der Waals surface area contributed by atoms with E-state index >= 15 is 0 Å². The SMILES string of the molecule is CCCCOc1ccc(C(C)NC(=O)c2ccc(CNS(=O)(=O)c3ccc(OC)cc3)cc2)cc1. The van der Waals surface area contributed by atoms with Gasteiger partial charge in [0.25, 0.3) is 5.91 Å². The lowest BCUT2D eigenvalue weighted by Crippen LogP contribution is -2.26. The van der Waals surface area contributed by atoms with Crippen LogP contribution >= 0.6 is 0 Å². The van der Waals surface area contributed by atoms with Crippen LogP contribution in [0.25, 0.3) is 0 Å². The third kappa shape index (κ3) is 7.56. The Morgan fingerprint density at radius 2 is 1.54 bits per heavy atom. The summed E-state index contributed by atoms with van der Waals surface area (Å²) in [5, 5.41) is 2.99. The Kier molecular flexibility index (Phi) is 9.28. The number of methoxy groups -OCH3 is 1. The number of sulfonamides is 1. The molecule has 0 bridgehead atoms. The molecule has 3 rings (SSSR count). The van der Waals surface area contributed by atoms with Crippen LogP contribution in [0.5, 0.6) is 11.5 Å². The minimum Gasteiger partial charge on any atom is -0.497 e. The number of hydrogen-bond acceptors (Lipinski definition) is 5. The summed E-state index contributed by atoms with van der Waals surface area (Å²) in [7, 11) is -2.14. The lowest BCUT2D eigenvalue weighted by Gasteiger charge is -2.15. The number of carbonyl (C=O) groups excluding carboxylic acids is 1. The molecule has 0 aromatic heterocycles. The van der Waals surface area contributed by atoms with Crippen LogP contribution in [0.2, 0.25) is 0 Å². The van der Waals surface area contributed by atoms with E-state index in [2.05, 4.69) is 17.0 Å². The molecular weight excluding hydrogens is 464 g/mol. The summed E-state index contributed by atoms with van der Waals surface area (Å²) in [5.41, 5.74) is 2.22. The molecule has 7 nitrogen and oxygen atoms in total. The van der Waals surface area contributed by atoms with Crippen molar-refractivity contribution in [2.24, 2.45) is 0 Å². The molecule has 1 amide bonds. The van der Waals surface area contributed by atoms with Crippen LogP contribution in [-0.2, 0) is 16.6 Å². The molecule has 3 aromatic carbocycles. The van der Waals surface area contributed by atoms with Crippen molar-refractivity contribution in [2.75, 3.05) is 13.7 Å². The first kappa shape index (κ1) is 26.2. The number of carbonyl (C=O) groups is 1. The van der Waals surface area contributed by atoms with E-state index in [9.17, 15) is 13.2 Å². The van der Waals surface area contributed by atoms with E-state index in [4.69, 9.17) is 9.47 Å². The van der Waals surface area contributed by atoms with E-state index in [1.54, 1.807) is 36.4 Å². The second-order valence-electron chi connectivity index (χ2n) is 8.16. The molecule has 0 fully saturated rings. The van der Waals surface area contributed by atoms with Gasteiger partial charge in [-0.05, 0) is 73.0 Å². The summed E-state index contributed by atoms with van der Waals surface area (Å²) >= 11 is 0. The number of benzene rings is 3. The molecular formula is C27H32N2O5S. The third-order valence-electron chi connectivity index (χ3n) is 5.55. The predicted octanol–water partition coefficient (Wildman–Crippen LogP) is 4.84. The summed E-state index contributed by atoms with van der Waals surface area (Å²) in [6, 6.07) is 20.6. The van der Waals surface area contributed by atoms with E-state index < -0.39 is 10.0 Å². The Morgan fingerprint density at radius 1 is 0.914 bits per heavy atom. The number of rotatable bonds is 12. The molecule has 0 heterocycles. The monoisotopic (exact) mass is 496 g/mol. The van der Waals surface area contributed by atoms with Gasteiger partial charge in [0.1, 0.15) is 11.5 Å². The molecule has 8 heteroatoms. The molecule has 2 N–H and O–H groups in total. The maximum atomic E-state index is 12.7. The maximum Gasteiger partial charge on any atom is 0.251 e. The van der Waals surface area contributed by atoms with Crippen molar-refractivity contribution in [2.45, 2.75) is 44.2 Å². The summed E-state index contributed by atoms with van der Waals surface area (Å²) < 4.78 is 38.3. The molecule has 0 radical (unpaired) electrons. The van der Waals surface area contributed by atoms with Gasteiger partial charge in [0.15, 0.2) is 0 Å². The average Bonchev–Trinajstić information content (AvgIpc) is 2.88. The highest BCUT2D eigenvalue weighted by molar-refractivity contribution is 7.89. The van der Waals surface area contributed by atoms with Gasteiger partial charge in [0, 0.05) is 12.1 Å². The van der Waals surface area contributed by atoms with Gasteiger partial charge in [-0.25, -0.2) is 13.1 Å². The van der Waals surface area contributed by atoms with E-state index in [1.807, 2.05) is 31.2 Å². The molecule has 35 heavy (non-hydrogen) atoms. The molecule has 0 aliphatic heterocycles. The van der Waals surface area contributed by atoms with Crippen LogP contribution in [-0.4, -0.2) is 28.0 Å². The first-order valence-electron chi connectivity index (χ1n) is 11.6. The lowest BCUT2D eigenvalue weighted by atomic mass is 10.1. The van der Waals surface area contributed by atoms with Gasteiger partial charge >= 0.3 is 0 Å². The molecule has 1 atom stereocenters. The van der Waals surface area contributed by atoms with Crippen molar-refractivity contribution in [3.8, 4) is 11.5 Å². The normalized spacial score (nSPS) is 12.1. The fourth-order valence-corrected chi connectivity index (χ4v) is 4.36. The number of hydrogen-bond donors (Lipinski definition) is 2. The van der Waals surface area contributed by atoms with Crippen molar-refractivity contribution < 1.29 is 22.7 Å². The summed E-state index contributed by atoms with van der Waals surface area (Å²) in [6.07, 6.45) is 2.10. The number of ether oxygens (including phenoxy) is 2. The zero-order chi connectivity index (χ0) is 25.3. The third-order valence-corrected chi connectivity index (χ3v) is 6.96. The Balaban J connectivity index is 1.53. The minimum absolute atomic E-state index is 0.110. The standard InChI is InChI=1S/C27H32N2O5S/c1-4-5-18-34-25-12-10-22(11-13-25)20(2)29-27(30)23-8-6-21(7-9-23)19-28-35(31,32)26-16-14-24(33-3)15-17-26/h6-17,20,28H,4-5,18-19H2,1-3H3,(H,29,30). The Bertz CT molecular complexity index is 1190. The number of nitrogens with one attached hydrogen (secondary N) is 2. The zero-order valence-corrected chi connectivity index (χ0v) is 21.1. The Hall–Kier alpha value is -3.36. The van der Waals surface area contributed by atoms with Crippen LogP contribution in [0.1, 0.15) is 54.2 Å². The van der Waals surface area contributed by atoms with E-state index in [0.717, 1.165) is 29.7 Å². The highest BCUT2D eigenvalue weighted by Crippen LogP contribution is 2.19. The summed E-state index contributed by atoms with van der Waals surface area (Å²) in [5.74, 6) is 1.20. The molecule has 1 unspecified atom stereocenters. The topological polar surface area (TPSA) is 93.7 Å². The van der Waals surface area contributed by atoms with Crippen LogP contribution < -0.4 is 19.5 Å². The van der Waals surface area contributed by atoms with Crippen LogP contribution in [0.15, 0.2) is 77.7 Å². The first-order valence-corrected chi connectivity index (χ1v) is 13.1. The van der Waals surface area contributed by atoms with Gasteiger partial charge in [-0.15, -0.1) is 0 Å². The van der Waals surface area contributed by atoms with Gasteiger partial charge in [-0.1, -0.05) is 37.6 Å². The molecule has 3 aromatic rings. The quantitative estimate of drug-likeness (QED) is 0.350. The van der Waals surface area contributed by atoms with Gasteiger partial charge in [-0.3, -0.25) is 4.79 Å². The Morgan fingerprint density at radius 3 is 2.14 bits per heavy atom. The highest BCUT2D eigenvalue weighted by atomic mass is 32.2. The van der Waals surface area contributed by atoms with Crippen molar-refractivity contribution in [1.82, 2.24) is 10.0 Å². The minimum atomic E-state index is -3.66. The smallest absolute Gasteiger partial charge is 0.251 e. The first-order chi connectivity index (χ1) is 16.8. The van der Waals surface area contributed by atoms with Crippen molar-refractivity contribution in [1.29, 1.82) is 0 Å². The second-order valence-corrected chi connectivity index (χ2v) is 9.93. The fourth-order valence-electron chi connectivity index (χ4n) is 3.34. The molecule has 0 saturated carbocycles. The molecule has 0 saturated heterocycles. The molecule has 0 aliphatic carbocycles. The molecule has 0 aliphatic rings. The lowest BCUT2D eigenvalue weighted by molar-refractivity contribution is 0.0940.